The van der Waals surface area contributed by atoms with Crippen molar-refractivity contribution in [3.05, 3.63) is 22.4 Å². The van der Waals surface area contributed by atoms with E-state index in [1.807, 2.05) is 27.2 Å². The van der Waals surface area contributed by atoms with Gasteiger partial charge in [0.15, 0.2) is 5.96 Å². The molecule has 10 heteroatoms. The third kappa shape index (κ3) is 9.25. The summed E-state index contributed by atoms with van der Waals surface area (Å²) >= 11 is 3.48. The van der Waals surface area contributed by atoms with Gasteiger partial charge in [-0.05, 0) is 42.3 Å². The second-order valence-corrected chi connectivity index (χ2v) is 8.51. The maximum Gasteiger partial charge on any atom is 0.211 e. The van der Waals surface area contributed by atoms with Gasteiger partial charge in [0.05, 0.1) is 12.3 Å². The van der Waals surface area contributed by atoms with Gasteiger partial charge in [-0.3, -0.25) is 4.99 Å². The lowest BCUT2D eigenvalue weighted by Crippen LogP contribution is -2.39. The molecule has 1 rings (SSSR count). The molecule has 0 aromatic carbocycles. The summed E-state index contributed by atoms with van der Waals surface area (Å²) in [6.07, 6.45) is 2.69. The van der Waals surface area contributed by atoms with Crippen LogP contribution in [0, 0.1) is 0 Å². The van der Waals surface area contributed by atoms with Crippen molar-refractivity contribution in [3.8, 4) is 0 Å². The van der Waals surface area contributed by atoms with Crippen molar-refractivity contribution < 1.29 is 8.42 Å². The normalized spacial score (nSPS) is 12.0. The summed E-state index contributed by atoms with van der Waals surface area (Å²) in [6, 6.07) is 2.08. The first-order chi connectivity index (χ1) is 11.3. The van der Waals surface area contributed by atoms with Gasteiger partial charge in [-0.1, -0.05) is 0 Å². The minimum atomic E-state index is -3.12. The molecule has 0 spiro atoms. The monoisotopic (exact) mass is 549 g/mol. The molecule has 0 atom stereocenters. The summed E-state index contributed by atoms with van der Waals surface area (Å²) in [5.41, 5.74) is 1.17. The highest BCUT2D eigenvalue weighted by molar-refractivity contribution is 14.0. The molecule has 0 aliphatic heterocycles. The van der Waals surface area contributed by atoms with Gasteiger partial charge in [-0.2, -0.15) is 0 Å². The zero-order valence-electron chi connectivity index (χ0n) is 15.2. The van der Waals surface area contributed by atoms with E-state index in [1.54, 1.807) is 6.92 Å². The van der Waals surface area contributed by atoms with Crippen LogP contribution in [0.4, 0.5) is 0 Å². The van der Waals surface area contributed by atoms with E-state index < -0.39 is 10.0 Å². The van der Waals surface area contributed by atoms with Crippen molar-refractivity contribution in [3.63, 3.8) is 0 Å². The fourth-order valence-corrected chi connectivity index (χ4v) is 3.34. The molecular weight excluding hydrogens is 521 g/mol. The number of sulfonamides is 1. The number of hydrogen-bond acceptors (Lipinski definition) is 3. The van der Waals surface area contributed by atoms with Gasteiger partial charge in [0.2, 0.25) is 10.0 Å². The smallest absolute Gasteiger partial charge is 0.211 e. The first kappa shape index (κ1) is 24.7. The van der Waals surface area contributed by atoms with Crippen LogP contribution in [0.5, 0.6) is 0 Å². The maximum atomic E-state index is 11.4. The Labute approximate surface area is 176 Å². The predicted molar refractivity (Wildman–Crippen MR) is 118 cm³/mol. The number of guanidine groups is 1. The average molecular weight is 550 g/mol. The van der Waals surface area contributed by atoms with Crippen LogP contribution in [0.15, 0.2) is 21.7 Å². The fourth-order valence-electron chi connectivity index (χ4n) is 2.10. The zero-order valence-corrected chi connectivity index (χ0v) is 20.0. The third-order valence-corrected chi connectivity index (χ3v) is 5.31. The Kier molecular flexibility index (Phi) is 12.0. The van der Waals surface area contributed by atoms with Crippen LogP contribution in [0.1, 0.15) is 26.0 Å². The molecule has 7 nitrogen and oxygen atoms in total. The molecule has 2 N–H and O–H groups in total. The van der Waals surface area contributed by atoms with Gasteiger partial charge in [-0.25, -0.2) is 13.1 Å². The molecule has 0 saturated heterocycles. The Hall–Kier alpha value is -0.330. The molecule has 1 heterocycles. The number of hydrogen-bond donors (Lipinski definition) is 2. The van der Waals surface area contributed by atoms with Crippen molar-refractivity contribution in [2.45, 2.75) is 26.8 Å². The number of aliphatic imine (C=N–C) groups is 1. The van der Waals surface area contributed by atoms with Gasteiger partial charge < -0.3 is 14.8 Å². The SMILES string of the molecule is CCNC(=NCCCNS(=O)(=O)CC)N(C)Cc1cc(Br)cn1C.I. The van der Waals surface area contributed by atoms with E-state index in [0.717, 1.165) is 23.5 Å². The van der Waals surface area contributed by atoms with Crippen molar-refractivity contribution in [2.75, 3.05) is 32.4 Å². The summed E-state index contributed by atoms with van der Waals surface area (Å²) < 4.78 is 28.4. The van der Waals surface area contributed by atoms with Gasteiger partial charge in [0.25, 0.3) is 0 Å². The zero-order chi connectivity index (χ0) is 18.2. The molecule has 1 aromatic heterocycles. The molecule has 146 valence electrons. The van der Waals surface area contributed by atoms with E-state index in [1.165, 1.54) is 5.69 Å². The quantitative estimate of drug-likeness (QED) is 0.214. The summed E-state index contributed by atoms with van der Waals surface area (Å²) in [7, 11) is 0.878. The van der Waals surface area contributed by atoms with Crippen LogP contribution < -0.4 is 10.0 Å². The van der Waals surface area contributed by atoms with E-state index in [2.05, 4.69) is 46.5 Å². The van der Waals surface area contributed by atoms with Gasteiger partial charge in [0.1, 0.15) is 0 Å². The molecule has 1 aromatic rings. The second-order valence-electron chi connectivity index (χ2n) is 5.50. The van der Waals surface area contributed by atoms with Gasteiger partial charge in [-0.15, -0.1) is 24.0 Å². The number of nitrogens with zero attached hydrogens (tertiary/aromatic N) is 3. The number of halogens is 2. The van der Waals surface area contributed by atoms with E-state index in [4.69, 9.17) is 0 Å². The van der Waals surface area contributed by atoms with E-state index in [9.17, 15) is 8.42 Å². The van der Waals surface area contributed by atoms with Crippen LogP contribution in [-0.4, -0.2) is 56.3 Å². The average Bonchev–Trinajstić information content (AvgIpc) is 2.83. The van der Waals surface area contributed by atoms with Crippen LogP contribution >= 0.6 is 39.9 Å². The highest BCUT2D eigenvalue weighted by Gasteiger charge is 2.09. The van der Waals surface area contributed by atoms with Crippen molar-refractivity contribution in [1.82, 2.24) is 19.5 Å². The van der Waals surface area contributed by atoms with Crippen LogP contribution in [0.25, 0.3) is 0 Å². The fraction of sp³-hybridized carbons (Fsp3) is 0.667. The lowest BCUT2D eigenvalue weighted by Gasteiger charge is -2.22. The van der Waals surface area contributed by atoms with Gasteiger partial charge in [0, 0.05) is 50.1 Å². The largest absolute Gasteiger partial charge is 0.357 e. The van der Waals surface area contributed by atoms with Crippen LogP contribution in [-0.2, 0) is 23.6 Å². The predicted octanol–water partition coefficient (Wildman–Crippen LogP) is 2.13. The molecule has 0 radical (unpaired) electrons. The van der Waals surface area contributed by atoms with Crippen LogP contribution in [0.2, 0.25) is 0 Å². The lowest BCUT2D eigenvalue weighted by molar-refractivity contribution is 0.461. The Bertz CT molecular complexity index is 648. The van der Waals surface area contributed by atoms with Crippen LogP contribution in [0.3, 0.4) is 0 Å². The molecule has 0 amide bonds. The minimum Gasteiger partial charge on any atom is -0.357 e. The summed E-state index contributed by atoms with van der Waals surface area (Å²) in [4.78, 5) is 6.62. The minimum absolute atomic E-state index is 0. The summed E-state index contributed by atoms with van der Waals surface area (Å²) in [5, 5.41) is 3.26. The number of aryl methyl sites for hydroxylation is 1. The summed E-state index contributed by atoms with van der Waals surface area (Å²) in [6.45, 7) is 6.14. The molecule has 0 fully saturated rings. The lowest BCUT2D eigenvalue weighted by atomic mass is 10.4. The number of rotatable bonds is 9. The Morgan fingerprint density at radius 3 is 2.60 bits per heavy atom. The molecule has 25 heavy (non-hydrogen) atoms. The van der Waals surface area contributed by atoms with E-state index in [0.29, 0.717) is 19.5 Å². The Balaban J connectivity index is 0.00000576. The first-order valence-electron chi connectivity index (χ1n) is 8.06. The summed E-state index contributed by atoms with van der Waals surface area (Å²) in [5.74, 6) is 0.918. The topological polar surface area (TPSA) is 78.7 Å². The maximum absolute atomic E-state index is 11.4. The highest BCUT2D eigenvalue weighted by Crippen LogP contribution is 2.14. The highest BCUT2D eigenvalue weighted by atomic mass is 127. The Morgan fingerprint density at radius 1 is 1.40 bits per heavy atom. The van der Waals surface area contributed by atoms with E-state index in [-0.39, 0.29) is 29.7 Å². The second kappa shape index (κ2) is 12.1. The standard InChI is InChI=1S/C15H28BrN5O2S.HI/c1-5-17-15(18-8-7-9-19-24(22,23)6-2)21(4)12-14-10-13(16)11-20(14)3;/h10-11,19H,5-9,12H2,1-4H3,(H,17,18);1H. The molecular formula is C15H29BrIN5O2S. The number of aromatic nitrogens is 1. The van der Waals surface area contributed by atoms with Gasteiger partial charge >= 0.3 is 0 Å². The first-order valence-corrected chi connectivity index (χ1v) is 10.5. The van der Waals surface area contributed by atoms with Crippen molar-refractivity contribution >= 4 is 55.9 Å². The molecule has 0 bridgehead atoms. The number of nitrogens with one attached hydrogen (secondary N) is 2. The molecule has 0 aliphatic rings. The van der Waals surface area contributed by atoms with Crippen molar-refractivity contribution in [2.24, 2.45) is 12.0 Å². The molecule has 0 unspecified atom stereocenters. The Morgan fingerprint density at radius 2 is 2.08 bits per heavy atom. The van der Waals surface area contributed by atoms with E-state index >= 15 is 0 Å². The molecule has 0 saturated carbocycles. The third-order valence-electron chi connectivity index (χ3n) is 3.47. The van der Waals surface area contributed by atoms with Crippen molar-refractivity contribution in [1.29, 1.82) is 0 Å². The molecule has 0 aliphatic carbocycles.